The molecule has 2 nitrogen and oxygen atoms in total. The van der Waals surface area contributed by atoms with Crippen LogP contribution in [0, 0.1) is 0 Å². The lowest BCUT2D eigenvalue weighted by molar-refractivity contribution is 0.0128. The van der Waals surface area contributed by atoms with E-state index in [1.807, 2.05) is 0 Å². The van der Waals surface area contributed by atoms with E-state index < -0.39 is 5.92 Å². The van der Waals surface area contributed by atoms with Gasteiger partial charge in [0.25, 0.3) is 5.92 Å². The maximum absolute atomic E-state index is 12.6. The Balaban J connectivity index is 2.93. The highest BCUT2D eigenvalue weighted by molar-refractivity contribution is 5.40. The predicted molar refractivity (Wildman–Crippen MR) is 43.4 cm³/mol. The van der Waals surface area contributed by atoms with Gasteiger partial charge in [0.05, 0.1) is 11.9 Å². The molecule has 0 saturated carbocycles. The van der Waals surface area contributed by atoms with Crippen molar-refractivity contribution in [2.75, 3.05) is 12.4 Å². The van der Waals surface area contributed by atoms with Gasteiger partial charge in [-0.05, 0) is 12.1 Å². The predicted octanol–water partition coefficient (Wildman–Crippen LogP) is 2.24. The second-order valence-corrected chi connectivity index (χ2v) is 2.57. The highest BCUT2D eigenvalue weighted by Gasteiger charge is 2.25. The first-order valence-corrected chi connectivity index (χ1v) is 3.56. The van der Waals surface area contributed by atoms with E-state index in [4.69, 9.17) is 0 Å². The number of alkyl halides is 2. The summed E-state index contributed by atoms with van der Waals surface area (Å²) in [6.45, 7) is 0.828. The molecule has 0 fully saturated rings. The van der Waals surface area contributed by atoms with Crippen LogP contribution in [0.25, 0.3) is 0 Å². The van der Waals surface area contributed by atoms with Gasteiger partial charge in [0.1, 0.15) is 5.69 Å². The zero-order chi connectivity index (χ0) is 9.19. The fourth-order valence-electron chi connectivity index (χ4n) is 0.801. The van der Waals surface area contributed by atoms with Crippen molar-refractivity contribution in [2.45, 2.75) is 12.8 Å². The number of nitrogens with zero attached hydrogens (tertiary/aromatic N) is 1. The number of anilines is 1. The summed E-state index contributed by atoms with van der Waals surface area (Å²) in [5.74, 6) is -2.85. The number of aromatic nitrogens is 1. The van der Waals surface area contributed by atoms with E-state index in [1.165, 1.54) is 12.3 Å². The van der Waals surface area contributed by atoms with Crippen LogP contribution >= 0.6 is 0 Å². The Kier molecular flexibility index (Phi) is 2.26. The molecule has 12 heavy (non-hydrogen) atoms. The SMILES string of the molecule is CNc1ccc(C(C)(F)F)nc1. The van der Waals surface area contributed by atoms with Crippen LogP contribution in [0.3, 0.4) is 0 Å². The standard InChI is InChI=1S/C8H10F2N2/c1-8(9,10)7-4-3-6(11-2)5-12-7/h3-5,11H,1-2H3. The van der Waals surface area contributed by atoms with Crippen LogP contribution in [0.5, 0.6) is 0 Å². The maximum Gasteiger partial charge on any atom is 0.286 e. The highest BCUT2D eigenvalue weighted by atomic mass is 19.3. The molecule has 0 aliphatic heterocycles. The smallest absolute Gasteiger partial charge is 0.286 e. The fourth-order valence-corrected chi connectivity index (χ4v) is 0.801. The topological polar surface area (TPSA) is 24.9 Å². The Morgan fingerprint density at radius 1 is 1.42 bits per heavy atom. The first-order valence-electron chi connectivity index (χ1n) is 3.56. The van der Waals surface area contributed by atoms with Crippen molar-refractivity contribution in [1.82, 2.24) is 4.98 Å². The van der Waals surface area contributed by atoms with Crippen LogP contribution < -0.4 is 5.32 Å². The van der Waals surface area contributed by atoms with Gasteiger partial charge in [-0.2, -0.15) is 8.78 Å². The number of halogens is 2. The summed E-state index contributed by atoms with van der Waals surface area (Å²) in [5, 5.41) is 2.80. The van der Waals surface area contributed by atoms with Crippen LogP contribution in [0.4, 0.5) is 14.5 Å². The Hall–Kier alpha value is -1.19. The summed E-state index contributed by atoms with van der Waals surface area (Å²) in [5.41, 5.74) is 0.518. The average Bonchev–Trinajstić information content (AvgIpc) is 2.03. The van der Waals surface area contributed by atoms with E-state index in [0.717, 1.165) is 12.6 Å². The molecule has 1 aromatic rings. The first kappa shape index (κ1) is 8.90. The van der Waals surface area contributed by atoms with Crippen molar-refractivity contribution in [3.8, 4) is 0 Å². The summed E-state index contributed by atoms with van der Waals surface area (Å²) < 4.78 is 25.2. The van der Waals surface area contributed by atoms with Gasteiger partial charge in [-0.1, -0.05) is 0 Å². The highest BCUT2D eigenvalue weighted by Crippen LogP contribution is 2.25. The minimum atomic E-state index is -2.85. The molecule has 4 heteroatoms. The number of pyridine rings is 1. The summed E-state index contributed by atoms with van der Waals surface area (Å²) >= 11 is 0. The third-order valence-corrected chi connectivity index (χ3v) is 1.50. The summed E-state index contributed by atoms with van der Waals surface area (Å²) in [4.78, 5) is 3.61. The number of hydrogen-bond donors (Lipinski definition) is 1. The molecule has 0 aliphatic carbocycles. The van der Waals surface area contributed by atoms with Crippen molar-refractivity contribution >= 4 is 5.69 Å². The zero-order valence-electron chi connectivity index (χ0n) is 6.94. The summed E-state index contributed by atoms with van der Waals surface area (Å²) in [7, 11) is 1.71. The van der Waals surface area contributed by atoms with E-state index in [2.05, 4.69) is 10.3 Å². The largest absolute Gasteiger partial charge is 0.387 e. The molecule has 0 saturated heterocycles. The molecule has 0 aromatic carbocycles. The van der Waals surface area contributed by atoms with E-state index in [9.17, 15) is 8.78 Å². The number of rotatable bonds is 2. The summed E-state index contributed by atoms with van der Waals surface area (Å²) in [6, 6.07) is 2.88. The number of hydrogen-bond acceptors (Lipinski definition) is 2. The molecule has 0 spiro atoms. The minimum absolute atomic E-state index is 0.207. The molecule has 1 heterocycles. The van der Waals surface area contributed by atoms with Crippen LogP contribution in [0.15, 0.2) is 18.3 Å². The quantitative estimate of drug-likeness (QED) is 0.739. The lowest BCUT2D eigenvalue weighted by atomic mass is 10.2. The molecule has 0 atom stereocenters. The molecule has 0 bridgehead atoms. The second-order valence-electron chi connectivity index (χ2n) is 2.57. The molecular weight excluding hydrogens is 162 g/mol. The van der Waals surface area contributed by atoms with Gasteiger partial charge < -0.3 is 5.32 Å². The van der Waals surface area contributed by atoms with Gasteiger partial charge in [0, 0.05) is 14.0 Å². The molecule has 0 amide bonds. The second kappa shape index (κ2) is 3.05. The van der Waals surface area contributed by atoms with E-state index in [0.29, 0.717) is 0 Å². The van der Waals surface area contributed by atoms with Gasteiger partial charge in [0.15, 0.2) is 0 Å². The van der Waals surface area contributed by atoms with Crippen molar-refractivity contribution in [3.63, 3.8) is 0 Å². The average molecular weight is 172 g/mol. The lowest BCUT2D eigenvalue weighted by Gasteiger charge is -2.09. The van der Waals surface area contributed by atoms with Gasteiger partial charge in [-0.25, -0.2) is 0 Å². The van der Waals surface area contributed by atoms with Crippen molar-refractivity contribution in [3.05, 3.63) is 24.0 Å². The molecule has 0 radical (unpaired) electrons. The molecule has 1 rings (SSSR count). The van der Waals surface area contributed by atoms with Gasteiger partial charge in [-0.3, -0.25) is 4.98 Å². The van der Waals surface area contributed by atoms with Crippen LogP contribution in [-0.4, -0.2) is 12.0 Å². The number of nitrogens with one attached hydrogen (secondary N) is 1. The third kappa shape index (κ3) is 1.90. The minimum Gasteiger partial charge on any atom is -0.387 e. The molecular formula is C8H10F2N2. The maximum atomic E-state index is 12.6. The molecule has 1 aromatic heterocycles. The Morgan fingerprint density at radius 3 is 2.42 bits per heavy atom. The molecule has 1 N–H and O–H groups in total. The molecule has 0 unspecified atom stereocenters. The zero-order valence-corrected chi connectivity index (χ0v) is 6.94. The van der Waals surface area contributed by atoms with Gasteiger partial charge >= 0.3 is 0 Å². The normalized spacial score (nSPS) is 11.3. The Morgan fingerprint density at radius 2 is 2.08 bits per heavy atom. The Labute approximate surface area is 69.6 Å². The van der Waals surface area contributed by atoms with Crippen LogP contribution in [-0.2, 0) is 5.92 Å². The third-order valence-electron chi connectivity index (χ3n) is 1.50. The van der Waals surface area contributed by atoms with Crippen LogP contribution in [0.1, 0.15) is 12.6 Å². The summed E-state index contributed by atoms with van der Waals surface area (Å²) in [6.07, 6.45) is 1.38. The Bertz CT molecular complexity index is 251. The van der Waals surface area contributed by atoms with Gasteiger partial charge in [-0.15, -0.1) is 0 Å². The van der Waals surface area contributed by atoms with Gasteiger partial charge in [0.2, 0.25) is 0 Å². The van der Waals surface area contributed by atoms with Crippen molar-refractivity contribution < 1.29 is 8.78 Å². The van der Waals surface area contributed by atoms with Crippen molar-refractivity contribution in [2.24, 2.45) is 0 Å². The van der Waals surface area contributed by atoms with Crippen LogP contribution in [0.2, 0.25) is 0 Å². The van der Waals surface area contributed by atoms with E-state index in [1.54, 1.807) is 13.1 Å². The monoisotopic (exact) mass is 172 g/mol. The van der Waals surface area contributed by atoms with E-state index >= 15 is 0 Å². The van der Waals surface area contributed by atoms with Crippen molar-refractivity contribution in [1.29, 1.82) is 0 Å². The fraction of sp³-hybridized carbons (Fsp3) is 0.375. The first-order chi connectivity index (χ1) is 5.54. The molecule has 0 aliphatic rings. The lowest BCUT2D eigenvalue weighted by Crippen LogP contribution is -2.09. The van der Waals surface area contributed by atoms with E-state index in [-0.39, 0.29) is 5.69 Å². The molecule has 66 valence electrons.